The number of amides is 5. The lowest BCUT2D eigenvalue weighted by atomic mass is 9.87. The van der Waals surface area contributed by atoms with E-state index in [0.29, 0.717) is 96.7 Å². The number of unbranched alkanes of at least 4 members (excludes halogenated alkanes) is 20. The van der Waals surface area contributed by atoms with E-state index >= 15 is 0 Å². The summed E-state index contributed by atoms with van der Waals surface area (Å²) in [7, 11) is 0. The van der Waals surface area contributed by atoms with Gasteiger partial charge in [0.15, 0.2) is 5.78 Å². The van der Waals surface area contributed by atoms with Crippen LogP contribution in [0, 0.1) is 17.8 Å². The van der Waals surface area contributed by atoms with Crippen molar-refractivity contribution in [3.05, 3.63) is 0 Å². The Balaban J connectivity index is -0.0000605. The Morgan fingerprint density at radius 3 is 1.11 bits per heavy atom. The van der Waals surface area contributed by atoms with E-state index in [9.17, 15) is 77.3 Å². The van der Waals surface area contributed by atoms with Gasteiger partial charge in [0.1, 0.15) is 55.6 Å². The van der Waals surface area contributed by atoms with Crippen LogP contribution in [-0.2, 0) is 105 Å². The third-order valence-corrected chi connectivity index (χ3v) is 18.4. The van der Waals surface area contributed by atoms with Crippen molar-refractivity contribution in [2.75, 3.05) is 132 Å². The van der Waals surface area contributed by atoms with Gasteiger partial charge >= 0.3 is 23.9 Å². The molecule has 0 radical (unpaired) electrons. The summed E-state index contributed by atoms with van der Waals surface area (Å²) in [5.74, 6) is -7.39. The number of ketones is 5. The Morgan fingerprint density at radius 2 is 0.667 bits per heavy atom. The van der Waals surface area contributed by atoms with Gasteiger partial charge in [0.05, 0.1) is 72.0 Å². The highest BCUT2D eigenvalue weighted by molar-refractivity contribution is 5.88. The summed E-state index contributed by atoms with van der Waals surface area (Å²) < 4.78 is 43.4. The van der Waals surface area contributed by atoms with Crippen LogP contribution in [0.5, 0.6) is 0 Å². The highest BCUT2D eigenvalue weighted by Crippen LogP contribution is 2.21. The number of ether oxygens (including phenoxy) is 8. The van der Waals surface area contributed by atoms with Gasteiger partial charge in [-0.3, -0.25) is 62.3 Å². The van der Waals surface area contributed by atoms with Crippen molar-refractivity contribution in [2.45, 2.75) is 277 Å². The monoisotopic (exact) mass is 1590 g/mol. The molecule has 0 aliphatic rings. The van der Waals surface area contributed by atoms with Crippen molar-refractivity contribution in [2.24, 2.45) is 17.8 Å². The first-order valence-corrected chi connectivity index (χ1v) is 41.0. The molecule has 644 valence electrons. The minimum Gasteiger partial charge on any atom is -0.481 e. The van der Waals surface area contributed by atoms with Crippen molar-refractivity contribution >= 4 is 82.3 Å². The Morgan fingerprint density at radius 1 is 0.288 bits per heavy atom. The van der Waals surface area contributed by atoms with Crippen molar-refractivity contribution in [1.29, 1.82) is 0 Å². The maximum atomic E-state index is 13.0. The lowest BCUT2D eigenvalue weighted by Gasteiger charge is -2.16. The van der Waals surface area contributed by atoms with Gasteiger partial charge in [0.2, 0.25) is 29.5 Å². The van der Waals surface area contributed by atoms with Gasteiger partial charge in [-0.1, -0.05) is 122 Å². The molecule has 0 aromatic carbocycles. The molecule has 0 aliphatic carbocycles. The molecule has 0 rings (SSSR count). The predicted octanol–water partition coefficient (Wildman–Crippen LogP) is 9.24. The summed E-state index contributed by atoms with van der Waals surface area (Å²) in [4.78, 5) is 168. The van der Waals surface area contributed by atoms with Crippen LogP contribution in [0.15, 0.2) is 0 Å². The fraction of sp³-hybridized carbons (Fsp3) is 0.825. The summed E-state index contributed by atoms with van der Waals surface area (Å²) in [5, 5.41) is 50.0. The Bertz CT molecular complexity index is 2570. The van der Waals surface area contributed by atoms with E-state index < -0.39 is 41.8 Å². The molecule has 0 bridgehead atoms. The molecule has 5 amide bonds. The molecule has 0 saturated heterocycles. The van der Waals surface area contributed by atoms with Crippen LogP contribution in [-0.4, -0.2) is 241 Å². The first-order valence-electron chi connectivity index (χ1n) is 41.0. The van der Waals surface area contributed by atoms with Crippen LogP contribution in [0.1, 0.15) is 274 Å². The zero-order valence-corrected chi connectivity index (χ0v) is 67.0. The standard InChI is InChI=1S/C80H139N5O26.2H2/c1-63(29-23-25-41-81-74(93)61-111-56-52-107-48-44-84-76(95)62-110-55-49-104-45-27-32-67(87)38-39-70(80(102)103)85-73(92)34-20-16-12-8-4-6-10-14-18-22-36-78(98)99)71(90)58-65(64(2)86)30-24-26-42-82-75(94)60-109-54-50-105-46-28-33-69(89)59-108-53-51-106-47-43-83-72(91)40-37-66(79(100)101)57-68(88)31-19-15-11-7-3-5-9-13-17-21-35-77(96)97;;/h63,65-66,70H,3-62H2,1-2H3,(H,81,93)(H,82,94)(H,83,91)(H,84,95)(H,85,92)(H,96,97)(H,98,99)(H,100,101)(H,102,103);2*1H/t63-,65?,66+,70-;;/m0../s1. The van der Waals surface area contributed by atoms with Crippen molar-refractivity contribution in [3.63, 3.8) is 0 Å². The van der Waals surface area contributed by atoms with E-state index in [2.05, 4.69) is 26.6 Å². The summed E-state index contributed by atoms with van der Waals surface area (Å²) >= 11 is 0. The molecule has 0 saturated carbocycles. The molecule has 0 fully saturated rings. The van der Waals surface area contributed by atoms with Gasteiger partial charge in [0, 0.05) is 118 Å². The van der Waals surface area contributed by atoms with Crippen LogP contribution in [0.25, 0.3) is 0 Å². The summed E-state index contributed by atoms with van der Waals surface area (Å²) in [6.07, 6.45) is 25.4. The Hall–Kier alpha value is -6.74. The maximum Gasteiger partial charge on any atom is 0.326 e. The van der Waals surface area contributed by atoms with Gasteiger partial charge in [-0.25, -0.2) is 4.79 Å². The molecular weight excluding hydrogens is 1450 g/mol. The normalized spacial score (nSPS) is 12.3. The van der Waals surface area contributed by atoms with Crippen LogP contribution < -0.4 is 26.6 Å². The maximum absolute atomic E-state index is 13.0. The van der Waals surface area contributed by atoms with E-state index in [1.807, 2.05) is 6.92 Å². The molecule has 4 atom stereocenters. The van der Waals surface area contributed by atoms with Crippen molar-refractivity contribution < 1.29 is 128 Å². The molecule has 0 aromatic heterocycles. The lowest BCUT2D eigenvalue weighted by molar-refractivity contribution is -0.144. The van der Waals surface area contributed by atoms with Crippen molar-refractivity contribution in [3.8, 4) is 0 Å². The molecule has 111 heavy (non-hydrogen) atoms. The number of carboxylic acid groups (broad SMARTS) is 4. The smallest absolute Gasteiger partial charge is 0.326 e. The largest absolute Gasteiger partial charge is 0.481 e. The Labute approximate surface area is 661 Å². The molecular formula is C80H143N5O26. The van der Waals surface area contributed by atoms with Gasteiger partial charge in [-0.05, 0) is 84.0 Å². The molecule has 31 heteroatoms. The lowest BCUT2D eigenvalue weighted by Crippen LogP contribution is -2.41. The van der Waals surface area contributed by atoms with Crippen molar-refractivity contribution in [1.82, 2.24) is 26.6 Å². The number of aliphatic carboxylic acids is 4. The number of hydrogen-bond acceptors (Lipinski definition) is 22. The van der Waals surface area contributed by atoms with E-state index in [-0.39, 0.29) is 250 Å². The van der Waals surface area contributed by atoms with E-state index in [1.54, 1.807) is 0 Å². The highest BCUT2D eigenvalue weighted by Gasteiger charge is 2.25. The topological polar surface area (TPSA) is 454 Å². The Kier molecular flexibility index (Phi) is 70.1. The molecule has 31 nitrogen and oxygen atoms in total. The quantitative estimate of drug-likeness (QED) is 0.0256. The molecule has 0 aromatic rings. The molecule has 0 spiro atoms. The molecule has 9 N–H and O–H groups in total. The second-order valence-corrected chi connectivity index (χ2v) is 28.4. The zero-order valence-electron chi connectivity index (χ0n) is 67.0. The van der Waals surface area contributed by atoms with Crippen LogP contribution in [0.2, 0.25) is 0 Å². The molecule has 1 unspecified atom stereocenters. The highest BCUT2D eigenvalue weighted by atomic mass is 16.5. The third-order valence-electron chi connectivity index (χ3n) is 18.4. The van der Waals surface area contributed by atoms with Crippen LogP contribution in [0.4, 0.5) is 0 Å². The van der Waals surface area contributed by atoms with Crippen LogP contribution in [0.3, 0.4) is 0 Å². The predicted molar refractivity (Wildman–Crippen MR) is 417 cm³/mol. The van der Waals surface area contributed by atoms with Gasteiger partial charge < -0.3 is 84.9 Å². The first-order chi connectivity index (χ1) is 53.5. The fourth-order valence-corrected chi connectivity index (χ4v) is 11.7. The minimum absolute atomic E-state index is 0. The second kappa shape index (κ2) is 74.7. The van der Waals surface area contributed by atoms with Gasteiger partial charge in [-0.15, -0.1) is 0 Å². The molecule has 0 heterocycles. The zero-order chi connectivity index (χ0) is 82.0. The summed E-state index contributed by atoms with van der Waals surface area (Å²) in [6.45, 7) is 6.51. The number of carbonyl (C=O) groups is 14. The fourth-order valence-electron chi connectivity index (χ4n) is 11.7. The number of carboxylic acids is 4. The number of hydrogen-bond donors (Lipinski definition) is 9. The average molecular weight is 1590 g/mol. The number of nitrogens with one attached hydrogen (secondary N) is 5. The second-order valence-electron chi connectivity index (χ2n) is 28.4. The van der Waals surface area contributed by atoms with Crippen LogP contribution >= 0.6 is 0 Å². The first kappa shape index (κ1) is 104. The van der Waals surface area contributed by atoms with E-state index in [4.69, 9.17) is 48.1 Å². The van der Waals surface area contributed by atoms with E-state index in [0.717, 1.165) is 109 Å². The third kappa shape index (κ3) is 72.0. The minimum atomic E-state index is -1.19. The number of Topliss-reactive ketones (excluding diaryl/α,β-unsaturated/α-hetero) is 5. The van der Waals surface area contributed by atoms with Gasteiger partial charge in [0.25, 0.3) is 0 Å². The van der Waals surface area contributed by atoms with Gasteiger partial charge in [-0.2, -0.15) is 0 Å². The number of rotatable bonds is 85. The SMILES string of the molecule is CC(=O)C(CCCCNC(=O)COCCOCCCC(=O)COCCOCCNC(=O)CC[C@H](CC(=O)CCCCCCCCCCCCC(=O)O)C(=O)O)CC(=O)[C@@H](C)CCCCNC(=O)COCCOCCNC(=O)COCCOCCCC(=O)CC[C@H](NC(=O)CCCCCCCCCCCCC(=O)O)C(=O)O.[HH].[HH]. The number of carbonyl (C=O) groups excluding carboxylic acids is 10. The molecule has 0 aliphatic heterocycles. The summed E-state index contributed by atoms with van der Waals surface area (Å²) in [6, 6.07) is -1.14. The van der Waals surface area contributed by atoms with E-state index in [1.165, 1.54) is 6.92 Å². The summed E-state index contributed by atoms with van der Waals surface area (Å²) in [5.41, 5.74) is 0. The average Bonchev–Trinajstić information content (AvgIpc) is 0.924.